The van der Waals surface area contributed by atoms with Gasteiger partial charge >= 0.3 is 5.97 Å². The molecule has 0 aliphatic heterocycles. The Bertz CT molecular complexity index is 722. The molecule has 0 heterocycles. The van der Waals surface area contributed by atoms with Gasteiger partial charge in [0.25, 0.3) is 0 Å². The van der Waals surface area contributed by atoms with E-state index < -0.39 is 12.3 Å². The first-order valence-corrected chi connectivity index (χ1v) is 6.85. The van der Waals surface area contributed by atoms with Crippen molar-refractivity contribution in [2.75, 3.05) is 5.73 Å². The van der Waals surface area contributed by atoms with Crippen LogP contribution in [0, 0.1) is 0 Å². The Labute approximate surface area is 134 Å². The molecule has 1 atom stereocenters. The molecule has 5 heteroatoms. The van der Waals surface area contributed by atoms with Gasteiger partial charge in [0.2, 0.25) is 6.29 Å². The molecule has 2 rings (SSSR count). The fourth-order valence-electron chi connectivity index (χ4n) is 1.89. The number of aliphatic hydroxyl groups excluding tert-OH is 1. The standard InChI is InChI=1S/C18H17NO4/c1-3-17(20)22-14-8-5-12(6-9-14)13-7-10-16(15(19)11-13)23-18(21)4-2/h3-11,18,21H,1-2,19H2. The van der Waals surface area contributed by atoms with Crippen molar-refractivity contribution in [1.29, 1.82) is 0 Å². The van der Waals surface area contributed by atoms with E-state index >= 15 is 0 Å². The third kappa shape index (κ3) is 4.21. The summed E-state index contributed by atoms with van der Waals surface area (Å²) in [5.74, 6) is 0.294. The van der Waals surface area contributed by atoms with Gasteiger partial charge < -0.3 is 20.3 Å². The molecule has 0 spiro atoms. The van der Waals surface area contributed by atoms with E-state index in [1.165, 1.54) is 6.08 Å². The predicted molar refractivity (Wildman–Crippen MR) is 89.0 cm³/mol. The van der Waals surface area contributed by atoms with Crippen molar-refractivity contribution in [3.05, 3.63) is 67.8 Å². The van der Waals surface area contributed by atoms with Crippen LogP contribution in [0.3, 0.4) is 0 Å². The summed E-state index contributed by atoms with van der Waals surface area (Å²) in [6.07, 6.45) is 1.25. The molecule has 0 bridgehead atoms. The molecular weight excluding hydrogens is 294 g/mol. The van der Waals surface area contributed by atoms with Gasteiger partial charge in [-0.1, -0.05) is 31.4 Å². The van der Waals surface area contributed by atoms with Gasteiger partial charge in [-0.25, -0.2) is 4.79 Å². The number of carbonyl (C=O) groups is 1. The van der Waals surface area contributed by atoms with Crippen molar-refractivity contribution in [2.24, 2.45) is 0 Å². The Balaban J connectivity index is 2.18. The van der Waals surface area contributed by atoms with Crippen molar-refractivity contribution >= 4 is 11.7 Å². The molecule has 0 saturated heterocycles. The fraction of sp³-hybridized carbons (Fsp3) is 0.0556. The molecule has 2 aromatic rings. The Morgan fingerprint density at radius 3 is 2.35 bits per heavy atom. The van der Waals surface area contributed by atoms with Crippen LogP contribution >= 0.6 is 0 Å². The number of benzene rings is 2. The van der Waals surface area contributed by atoms with Crippen LogP contribution in [0.25, 0.3) is 11.1 Å². The lowest BCUT2D eigenvalue weighted by Gasteiger charge is -2.13. The maximum absolute atomic E-state index is 11.1. The maximum Gasteiger partial charge on any atom is 0.335 e. The summed E-state index contributed by atoms with van der Waals surface area (Å²) in [7, 11) is 0. The lowest BCUT2D eigenvalue weighted by Crippen LogP contribution is -2.12. The van der Waals surface area contributed by atoms with E-state index in [1.807, 2.05) is 6.07 Å². The second-order valence-electron chi connectivity index (χ2n) is 4.65. The maximum atomic E-state index is 11.1. The number of nitrogens with two attached hydrogens (primary N) is 1. The molecule has 2 aromatic carbocycles. The number of carbonyl (C=O) groups excluding carboxylic acids is 1. The van der Waals surface area contributed by atoms with Crippen LogP contribution in [0.2, 0.25) is 0 Å². The zero-order valence-electron chi connectivity index (χ0n) is 12.4. The Morgan fingerprint density at radius 1 is 1.13 bits per heavy atom. The minimum atomic E-state index is -1.11. The lowest BCUT2D eigenvalue weighted by molar-refractivity contribution is -0.128. The van der Waals surface area contributed by atoms with Gasteiger partial charge in [-0.2, -0.15) is 0 Å². The van der Waals surface area contributed by atoms with Gasteiger partial charge in [-0.3, -0.25) is 0 Å². The third-order valence-corrected chi connectivity index (χ3v) is 3.03. The van der Waals surface area contributed by atoms with E-state index in [4.69, 9.17) is 15.2 Å². The topological polar surface area (TPSA) is 81.8 Å². The SMILES string of the molecule is C=CC(=O)Oc1ccc(-c2ccc(OC(O)C=C)c(N)c2)cc1. The molecule has 5 nitrogen and oxygen atoms in total. The smallest absolute Gasteiger partial charge is 0.335 e. The molecule has 0 fully saturated rings. The summed E-state index contributed by atoms with van der Waals surface area (Å²) in [4.78, 5) is 11.1. The molecular formula is C18H17NO4. The number of hydrogen-bond donors (Lipinski definition) is 2. The van der Waals surface area contributed by atoms with Crippen LogP contribution in [0.15, 0.2) is 67.8 Å². The fourth-order valence-corrected chi connectivity index (χ4v) is 1.89. The van der Waals surface area contributed by atoms with Crippen LogP contribution in [-0.2, 0) is 4.79 Å². The van der Waals surface area contributed by atoms with Crippen molar-refractivity contribution in [3.8, 4) is 22.6 Å². The van der Waals surface area contributed by atoms with Crippen molar-refractivity contribution in [3.63, 3.8) is 0 Å². The Morgan fingerprint density at radius 2 is 1.78 bits per heavy atom. The minimum Gasteiger partial charge on any atom is -0.459 e. The normalized spacial score (nSPS) is 11.3. The molecule has 0 aromatic heterocycles. The molecule has 0 radical (unpaired) electrons. The summed E-state index contributed by atoms with van der Waals surface area (Å²) in [6.45, 7) is 6.77. The number of esters is 1. The number of nitrogen functional groups attached to an aromatic ring is 1. The first-order chi connectivity index (χ1) is 11.0. The largest absolute Gasteiger partial charge is 0.459 e. The number of rotatable bonds is 6. The van der Waals surface area contributed by atoms with E-state index in [2.05, 4.69) is 13.2 Å². The third-order valence-electron chi connectivity index (χ3n) is 3.03. The molecule has 0 amide bonds. The zero-order chi connectivity index (χ0) is 16.8. The molecule has 0 aliphatic carbocycles. The Hall–Kier alpha value is -3.05. The molecule has 3 N–H and O–H groups in total. The second-order valence-corrected chi connectivity index (χ2v) is 4.65. The number of aliphatic hydroxyl groups is 1. The van der Waals surface area contributed by atoms with Gasteiger partial charge in [0.05, 0.1) is 5.69 Å². The summed E-state index contributed by atoms with van der Waals surface area (Å²) in [6, 6.07) is 12.2. The molecule has 0 saturated carbocycles. The van der Waals surface area contributed by atoms with E-state index in [0.717, 1.165) is 17.2 Å². The van der Waals surface area contributed by atoms with Gasteiger partial charge in [0, 0.05) is 6.08 Å². The summed E-state index contributed by atoms with van der Waals surface area (Å²) < 4.78 is 10.2. The highest BCUT2D eigenvalue weighted by Crippen LogP contribution is 2.30. The zero-order valence-corrected chi connectivity index (χ0v) is 12.4. The average molecular weight is 311 g/mol. The van der Waals surface area contributed by atoms with Crippen LogP contribution in [0.4, 0.5) is 5.69 Å². The van der Waals surface area contributed by atoms with Crippen LogP contribution in [0.5, 0.6) is 11.5 Å². The first kappa shape index (κ1) is 16.3. The quantitative estimate of drug-likeness (QED) is 0.214. The van der Waals surface area contributed by atoms with Gasteiger partial charge in [-0.15, -0.1) is 0 Å². The second kappa shape index (κ2) is 7.29. The summed E-state index contributed by atoms with van der Waals surface area (Å²) in [5, 5.41) is 9.40. The predicted octanol–water partition coefficient (Wildman–Crippen LogP) is 2.91. The highest BCUT2D eigenvalue weighted by Gasteiger charge is 2.07. The van der Waals surface area contributed by atoms with E-state index in [-0.39, 0.29) is 0 Å². The molecule has 118 valence electrons. The number of anilines is 1. The van der Waals surface area contributed by atoms with Crippen LogP contribution < -0.4 is 15.2 Å². The van der Waals surface area contributed by atoms with Crippen LogP contribution in [0.1, 0.15) is 0 Å². The highest BCUT2D eigenvalue weighted by atomic mass is 16.6. The summed E-state index contributed by atoms with van der Waals surface area (Å²) in [5.41, 5.74) is 8.08. The monoisotopic (exact) mass is 311 g/mol. The lowest BCUT2D eigenvalue weighted by atomic mass is 10.0. The average Bonchev–Trinajstić information content (AvgIpc) is 2.57. The van der Waals surface area contributed by atoms with Gasteiger partial charge in [0.1, 0.15) is 11.5 Å². The first-order valence-electron chi connectivity index (χ1n) is 6.85. The van der Waals surface area contributed by atoms with Gasteiger partial charge in [-0.05, 0) is 41.5 Å². The van der Waals surface area contributed by atoms with Crippen molar-refractivity contribution < 1.29 is 19.4 Å². The molecule has 23 heavy (non-hydrogen) atoms. The number of hydrogen-bond acceptors (Lipinski definition) is 5. The van der Waals surface area contributed by atoms with E-state index in [1.54, 1.807) is 36.4 Å². The van der Waals surface area contributed by atoms with Crippen molar-refractivity contribution in [2.45, 2.75) is 6.29 Å². The van der Waals surface area contributed by atoms with E-state index in [9.17, 15) is 9.90 Å². The highest BCUT2D eigenvalue weighted by molar-refractivity contribution is 5.83. The van der Waals surface area contributed by atoms with Crippen LogP contribution in [-0.4, -0.2) is 17.4 Å². The number of ether oxygens (including phenoxy) is 2. The molecule has 0 aliphatic rings. The summed E-state index contributed by atoms with van der Waals surface area (Å²) >= 11 is 0. The van der Waals surface area contributed by atoms with E-state index in [0.29, 0.717) is 17.2 Å². The van der Waals surface area contributed by atoms with Crippen molar-refractivity contribution in [1.82, 2.24) is 0 Å². The molecule has 1 unspecified atom stereocenters. The minimum absolute atomic E-state index is 0.373. The van der Waals surface area contributed by atoms with Gasteiger partial charge in [0.15, 0.2) is 0 Å². The Kier molecular flexibility index (Phi) is 5.17.